The topological polar surface area (TPSA) is 51.3 Å². The highest BCUT2D eigenvalue weighted by atomic mass is 16.2. The molecule has 2 rings (SSSR count). The summed E-state index contributed by atoms with van der Waals surface area (Å²) in [5, 5.41) is 0. The van der Waals surface area contributed by atoms with Crippen LogP contribution < -0.4 is 5.73 Å². The summed E-state index contributed by atoms with van der Waals surface area (Å²) in [5.74, 6) is 0.0901. The van der Waals surface area contributed by atoms with Crippen molar-refractivity contribution in [2.75, 3.05) is 13.1 Å². The number of amides is 1. The number of rotatable bonds is 7. The van der Waals surface area contributed by atoms with Gasteiger partial charge >= 0.3 is 0 Å². The van der Waals surface area contributed by atoms with Crippen LogP contribution >= 0.6 is 0 Å². The molecule has 0 bridgehead atoms. The van der Waals surface area contributed by atoms with Crippen LogP contribution in [0.1, 0.15) is 53.6 Å². The summed E-state index contributed by atoms with van der Waals surface area (Å²) in [6.45, 7) is 10.3. The number of carbonyl (C=O) groups is 1. The third kappa shape index (κ3) is 4.06. The number of nitrogens with two attached hydrogens (primary N) is 1. The van der Waals surface area contributed by atoms with Gasteiger partial charge < -0.3 is 15.2 Å². The molecule has 1 aromatic carbocycles. The Morgan fingerprint density at radius 1 is 1.21 bits per heavy atom. The number of aromatic nitrogens is 1. The van der Waals surface area contributed by atoms with Crippen molar-refractivity contribution in [2.45, 2.75) is 46.7 Å². The summed E-state index contributed by atoms with van der Waals surface area (Å²) in [6.07, 6.45) is 0.807. The maximum Gasteiger partial charge on any atom is 0.255 e. The zero-order valence-electron chi connectivity index (χ0n) is 15.2. The van der Waals surface area contributed by atoms with E-state index in [1.165, 1.54) is 0 Å². The van der Waals surface area contributed by atoms with Crippen molar-refractivity contribution in [1.29, 1.82) is 0 Å². The van der Waals surface area contributed by atoms with Crippen molar-refractivity contribution in [3.63, 3.8) is 0 Å². The van der Waals surface area contributed by atoms with Gasteiger partial charge in [0.25, 0.3) is 5.91 Å². The maximum absolute atomic E-state index is 13.1. The zero-order valence-corrected chi connectivity index (χ0v) is 15.2. The standard InChI is InChI=1S/C20H29N3O/c1-15(2)23-16(3)13-19(17(23)4)20(24)22(12-8-11-21)14-18-9-6-5-7-10-18/h5-7,9-10,13,15H,8,11-12,14,21H2,1-4H3. The number of nitrogens with zero attached hydrogens (tertiary/aromatic N) is 2. The van der Waals surface area contributed by atoms with E-state index in [9.17, 15) is 4.79 Å². The summed E-state index contributed by atoms with van der Waals surface area (Å²) in [7, 11) is 0. The molecular formula is C20H29N3O. The van der Waals surface area contributed by atoms with Crippen LogP contribution in [0.5, 0.6) is 0 Å². The summed E-state index contributed by atoms with van der Waals surface area (Å²) in [5.41, 5.74) is 9.77. The molecule has 24 heavy (non-hydrogen) atoms. The minimum Gasteiger partial charge on any atom is -0.346 e. The van der Waals surface area contributed by atoms with Crippen LogP contribution in [0.25, 0.3) is 0 Å². The monoisotopic (exact) mass is 327 g/mol. The van der Waals surface area contributed by atoms with Gasteiger partial charge in [0, 0.05) is 30.5 Å². The number of hydrogen-bond donors (Lipinski definition) is 1. The third-order valence-corrected chi connectivity index (χ3v) is 4.37. The average molecular weight is 327 g/mol. The van der Waals surface area contributed by atoms with Crippen LogP contribution in [0.2, 0.25) is 0 Å². The molecule has 0 fully saturated rings. The number of aryl methyl sites for hydroxylation is 1. The highest BCUT2D eigenvalue weighted by Gasteiger charge is 2.22. The van der Waals surface area contributed by atoms with Crippen molar-refractivity contribution < 1.29 is 4.79 Å². The normalized spacial score (nSPS) is 11.1. The molecule has 130 valence electrons. The molecule has 0 atom stereocenters. The first-order chi connectivity index (χ1) is 11.5. The van der Waals surface area contributed by atoms with E-state index in [-0.39, 0.29) is 5.91 Å². The predicted octanol–water partition coefficient (Wildman–Crippen LogP) is 3.68. The highest BCUT2D eigenvalue weighted by Crippen LogP contribution is 2.22. The fourth-order valence-electron chi connectivity index (χ4n) is 3.30. The SMILES string of the molecule is Cc1cc(C(=O)N(CCCN)Cc2ccccc2)c(C)n1C(C)C. The summed E-state index contributed by atoms with van der Waals surface area (Å²) in [4.78, 5) is 15.0. The Labute approximate surface area is 145 Å². The molecule has 1 amide bonds. The van der Waals surface area contributed by atoms with Gasteiger partial charge in [0.1, 0.15) is 0 Å². The fourth-order valence-corrected chi connectivity index (χ4v) is 3.30. The minimum atomic E-state index is 0.0901. The molecule has 0 spiro atoms. The lowest BCUT2D eigenvalue weighted by molar-refractivity contribution is 0.0741. The Balaban J connectivity index is 2.29. The molecule has 0 unspecified atom stereocenters. The lowest BCUT2D eigenvalue weighted by Crippen LogP contribution is -2.32. The smallest absolute Gasteiger partial charge is 0.255 e. The molecule has 4 heteroatoms. The first-order valence-corrected chi connectivity index (χ1v) is 8.67. The van der Waals surface area contributed by atoms with Gasteiger partial charge in [-0.15, -0.1) is 0 Å². The second kappa shape index (κ2) is 8.15. The molecule has 4 nitrogen and oxygen atoms in total. The van der Waals surface area contributed by atoms with Crippen molar-refractivity contribution in [3.8, 4) is 0 Å². The number of carbonyl (C=O) groups excluding carboxylic acids is 1. The molecule has 0 aliphatic heterocycles. The Morgan fingerprint density at radius 3 is 2.42 bits per heavy atom. The molecule has 1 heterocycles. The molecular weight excluding hydrogens is 298 g/mol. The third-order valence-electron chi connectivity index (χ3n) is 4.37. The lowest BCUT2D eigenvalue weighted by atomic mass is 10.1. The van der Waals surface area contributed by atoms with Gasteiger partial charge in [0.05, 0.1) is 5.56 Å². The molecule has 0 aliphatic carbocycles. The Hall–Kier alpha value is -2.07. The maximum atomic E-state index is 13.1. The Morgan fingerprint density at radius 2 is 1.88 bits per heavy atom. The van der Waals surface area contributed by atoms with Crippen LogP contribution in [0.3, 0.4) is 0 Å². The van der Waals surface area contributed by atoms with E-state index in [2.05, 4.69) is 37.5 Å². The molecule has 1 aromatic heterocycles. The number of hydrogen-bond acceptors (Lipinski definition) is 2. The van der Waals surface area contributed by atoms with Crippen LogP contribution in [0.4, 0.5) is 0 Å². The van der Waals surface area contributed by atoms with E-state index in [0.717, 1.165) is 28.9 Å². The fraction of sp³-hybridized carbons (Fsp3) is 0.450. The zero-order chi connectivity index (χ0) is 17.7. The van der Waals surface area contributed by atoms with Crippen LogP contribution in [0, 0.1) is 13.8 Å². The van der Waals surface area contributed by atoms with E-state index >= 15 is 0 Å². The summed E-state index contributed by atoms with van der Waals surface area (Å²) in [6, 6.07) is 12.5. The van der Waals surface area contributed by atoms with Gasteiger partial charge in [0.15, 0.2) is 0 Å². The van der Waals surface area contributed by atoms with Gasteiger partial charge in [-0.2, -0.15) is 0 Å². The lowest BCUT2D eigenvalue weighted by Gasteiger charge is -2.23. The first-order valence-electron chi connectivity index (χ1n) is 8.67. The summed E-state index contributed by atoms with van der Waals surface area (Å²) >= 11 is 0. The van der Waals surface area contributed by atoms with E-state index in [4.69, 9.17) is 5.73 Å². The first kappa shape index (κ1) is 18.3. The summed E-state index contributed by atoms with van der Waals surface area (Å²) < 4.78 is 2.22. The molecule has 0 radical (unpaired) electrons. The van der Waals surface area contributed by atoms with E-state index < -0.39 is 0 Å². The molecule has 2 N–H and O–H groups in total. The van der Waals surface area contributed by atoms with Gasteiger partial charge in [-0.25, -0.2) is 0 Å². The van der Waals surface area contributed by atoms with Gasteiger partial charge in [-0.3, -0.25) is 4.79 Å². The van der Waals surface area contributed by atoms with Gasteiger partial charge in [-0.1, -0.05) is 30.3 Å². The van der Waals surface area contributed by atoms with Crippen LogP contribution in [-0.2, 0) is 6.54 Å². The second-order valence-electron chi connectivity index (χ2n) is 6.60. The Kier molecular flexibility index (Phi) is 6.21. The van der Waals surface area contributed by atoms with Crippen molar-refractivity contribution in [1.82, 2.24) is 9.47 Å². The van der Waals surface area contributed by atoms with Crippen LogP contribution in [-0.4, -0.2) is 28.5 Å². The van der Waals surface area contributed by atoms with E-state index in [1.54, 1.807) is 0 Å². The minimum absolute atomic E-state index is 0.0901. The quantitative estimate of drug-likeness (QED) is 0.843. The molecule has 2 aromatic rings. The Bertz CT molecular complexity index is 674. The van der Waals surface area contributed by atoms with Crippen molar-refractivity contribution >= 4 is 5.91 Å². The van der Waals surface area contributed by atoms with Crippen molar-refractivity contribution in [2.24, 2.45) is 5.73 Å². The molecule has 0 aliphatic rings. The molecule has 0 saturated carbocycles. The van der Waals surface area contributed by atoms with Gasteiger partial charge in [-0.05, 0) is 52.3 Å². The van der Waals surface area contributed by atoms with E-state index in [0.29, 0.717) is 25.7 Å². The average Bonchev–Trinajstić information content (AvgIpc) is 2.86. The van der Waals surface area contributed by atoms with E-state index in [1.807, 2.05) is 36.1 Å². The van der Waals surface area contributed by atoms with Gasteiger partial charge in [0.2, 0.25) is 0 Å². The second-order valence-corrected chi connectivity index (χ2v) is 6.60. The molecule has 0 saturated heterocycles. The predicted molar refractivity (Wildman–Crippen MR) is 99.1 cm³/mol. The highest BCUT2D eigenvalue weighted by molar-refractivity contribution is 5.95. The van der Waals surface area contributed by atoms with Crippen molar-refractivity contribution in [3.05, 3.63) is 58.9 Å². The van der Waals surface area contributed by atoms with Crippen LogP contribution in [0.15, 0.2) is 36.4 Å². The number of benzene rings is 1. The largest absolute Gasteiger partial charge is 0.346 e.